The van der Waals surface area contributed by atoms with E-state index >= 15 is 0 Å². The predicted octanol–water partition coefficient (Wildman–Crippen LogP) is 3.61. The number of rotatable bonds is 4. The number of esters is 1. The molecule has 3 rings (SSSR count). The van der Waals surface area contributed by atoms with E-state index in [1.165, 1.54) is 11.7 Å². The summed E-state index contributed by atoms with van der Waals surface area (Å²) in [5.74, 6) is -0.331. The van der Waals surface area contributed by atoms with E-state index < -0.39 is 0 Å². The van der Waals surface area contributed by atoms with Crippen molar-refractivity contribution < 1.29 is 9.53 Å². The number of thioether (sulfide) groups is 1. The van der Waals surface area contributed by atoms with E-state index in [1.54, 1.807) is 36.4 Å². The molecule has 0 aliphatic carbocycles. The summed E-state index contributed by atoms with van der Waals surface area (Å²) < 4.78 is 6.18. The molecule has 0 radical (unpaired) electrons. The van der Waals surface area contributed by atoms with Gasteiger partial charge >= 0.3 is 5.97 Å². The van der Waals surface area contributed by atoms with Crippen LogP contribution in [0.3, 0.4) is 0 Å². The Hall–Kier alpha value is -2.31. The molecular weight excluding hydrogens is 360 g/mol. The molecule has 0 saturated heterocycles. The standard InChI is InChI=1S/C18H15ClN2O3S/c1-11-13(19)7-5-9-15(11)21-17(23)12-6-3-4-8-14(12)20-18(21)25-10-16(22)24-2/h3-9H,10H2,1-2H3. The van der Waals surface area contributed by atoms with Crippen molar-refractivity contribution in [3.8, 4) is 5.69 Å². The maximum Gasteiger partial charge on any atom is 0.316 e. The molecular formula is C18H15ClN2O3S. The molecule has 0 atom stereocenters. The average Bonchev–Trinajstić information content (AvgIpc) is 2.62. The Morgan fingerprint density at radius 3 is 2.76 bits per heavy atom. The highest BCUT2D eigenvalue weighted by Gasteiger charge is 2.16. The van der Waals surface area contributed by atoms with Gasteiger partial charge in [-0.2, -0.15) is 0 Å². The fraction of sp³-hybridized carbons (Fsp3) is 0.167. The van der Waals surface area contributed by atoms with E-state index in [9.17, 15) is 9.59 Å². The molecule has 5 nitrogen and oxygen atoms in total. The van der Waals surface area contributed by atoms with Crippen molar-refractivity contribution in [2.45, 2.75) is 12.1 Å². The van der Waals surface area contributed by atoms with Gasteiger partial charge in [-0.25, -0.2) is 4.98 Å². The number of nitrogens with zero attached hydrogens (tertiary/aromatic N) is 2. The molecule has 25 heavy (non-hydrogen) atoms. The molecule has 0 aliphatic rings. The molecule has 0 aliphatic heterocycles. The van der Waals surface area contributed by atoms with Crippen molar-refractivity contribution in [3.63, 3.8) is 0 Å². The lowest BCUT2D eigenvalue weighted by Gasteiger charge is -2.15. The summed E-state index contributed by atoms with van der Waals surface area (Å²) in [7, 11) is 1.32. The van der Waals surface area contributed by atoms with Gasteiger partial charge in [-0.05, 0) is 36.8 Å². The van der Waals surface area contributed by atoms with Crippen LogP contribution >= 0.6 is 23.4 Å². The number of benzene rings is 2. The molecule has 0 unspecified atom stereocenters. The van der Waals surface area contributed by atoms with Crippen molar-refractivity contribution in [2.75, 3.05) is 12.9 Å². The van der Waals surface area contributed by atoms with E-state index in [-0.39, 0.29) is 17.3 Å². The lowest BCUT2D eigenvalue weighted by molar-refractivity contribution is -0.137. The van der Waals surface area contributed by atoms with Crippen LogP contribution in [0.1, 0.15) is 5.56 Å². The van der Waals surface area contributed by atoms with Gasteiger partial charge in [0, 0.05) is 5.02 Å². The minimum Gasteiger partial charge on any atom is -0.468 e. The van der Waals surface area contributed by atoms with Crippen LogP contribution in [0.2, 0.25) is 5.02 Å². The molecule has 1 aromatic heterocycles. The Morgan fingerprint density at radius 1 is 1.24 bits per heavy atom. The third-order valence-corrected chi connectivity index (χ3v) is 5.09. The number of para-hydroxylation sites is 1. The number of aromatic nitrogens is 2. The Bertz CT molecular complexity index is 1020. The van der Waals surface area contributed by atoms with Gasteiger partial charge in [0.05, 0.1) is 29.5 Å². The number of carbonyl (C=O) groups is 1. The van der Waals surface area contributed by atoms with Crippen molar-refractivity contribution in [3.05, 3.63) is 63.4 Å². The van der Waals surface area contributed by atoms with Crippen molar-refractivity contribution in [2.24, 2.45) is 0 Å². The van der Waals surface area contributed by atoms with Gasteiger partial charge < -0.3 is 4.74 Å². The monoisotopic (exact) mass is 374 g/mol. The summed E-state index contributed by atoms with van der Waals surface area (Å²) in [6.45, 7) is 1.84. The van der Waals surface area contributed by atoms with Crippen molar-refractivity contribution in [1.29, 1.82) is 0 Å². The van der Waals surface area contributed by atoms with Gasteiger partial charge in [-0.3, -0.25) is 14.2 Å². The predicted molar refractivity (Wildman–Crippen MR) is 99.8 cm³/mol. The number of hydrogen-bond acceptors (Lipinski definition) is 5. The first-order chi connectivity index (χ1) is 12.0. The number of ether oxygens (including phenoxy) is 1. The second-order valence-electron chi connectivity index (χ2n) is 5.30. The maximum absolute atomic E-state index is 13.1. The molecule has 0 fully saturated rings. The van der Waals surface area contributed by atoms with Crippen LogP contribution in [-0.4, -0.2) is 28.4 Å². The van der Waals surface area contributed by atoms with Crippen LogP contribution in [0.4, 0.5) is 0 Å². The fourth-order valence-corrected chi connectivity index (χ4v) is 3.45. The topological polar surface area (TPSA) is 61.2 Å². The minimum absolute atomic E-state index is 0.0564. The summed E-state index contributed by atoms with van der Waals surface area (Å²) in [5, 5.41) is 1.48. The quantitative estimate of drug-likeness (QED) is 0.396. The minimum atomic E-state index is -0.387. The van der Waals surface area contributed by atoms with E-state index in [0.717, 1.165) is 17.3 Å². The lowest BCUT2D eigenvalue weighted by atomic mass is 10.2. The zero-order valence-electron chi connectivity index (χ0n) is 13.7. The largest absolute Gasteiger partial charge is 0.468 e. The van der Waals surface area contributed by atoms with Crippen LogP contribution in [0.15, 0.2) is 52.4 Å². The first kappa shape index (κ1) is 17.5. The molecule has 2 aromatic carbocycles. The van der Waals surface area contributed by atoms with E-state index in [2.05, 4.69) is 9.72 Å². The summed E-state index contributed by atoms with van der Waals surface area (Å²) in [4.78, 5) is 29.2. The van der Waals surface area contributed by atoms with Crippen LogP contribution < -0.4 is 5.56 Å². The second-order valence-corrected chi connectivity index (χ2v) is 6.65. The van der Waals surface area contributed by atoms with Crippen molar-refractivity contribution >= 4 is 40.2 Å². The van der Waals surface area contributed by atoms with Crippen molar-refractivity contribution in [1.82, 2.24) is 9.55 Å². The Morgan fingerprint density at radius 2 is 2.00 bits per heavy atom. The fourth-order valence-electron chi connectivity index (χ4n) is 2.44. The SMILES string of the molecule is COC(=O)CSc1nc2ccccc2c(=O)n1-c1cccc(Cl)c1C. The highest BCUT2D eigenvalue weighted by Crippen LogP contribution is 2.26. The zero-order chi connectivity index (χ0) is 18.0. The summed E-state index contributed by atoms with van der Waals surface area (Å²) in [6.07, 6.45) is 0. The van der Waals surface area contributed by atoms with Crippen LogP contribution in [0, 0.1) is 6.92 Å². The Labute approximate surface area is 153 Å². The van der Waals surface area contributed by atoms with Gasteiger partial charge in [0.2, 0.25) is 0 Å². The molecule has 0 saturated carbocycles. The molecule has 0 N–H and O–H groups in total. The number of hydrogen-bond donors (Lipinski definition) is 0. The lowest BCUT2D eigenvalue weighted by Crippen LogP contribution is -2.23. The molecule has 0 spiro atoms. The smallest absolute Gasteiger partial charge is 0.316 e. The van der Waals surface area contributed by atoms with Gasteiger partial charge in [0.15, 0.2) is 5.16 Å². The number of fused-ring (bicyclic) bond motifs is 1. The average molecular weight is 375 g/mol. The highest BCUT2D eigenvalue weighted by molar-refractivity contribution is 7.99. The third-order valence-electron chi connectivity index (χ3n) is 3.77. The van der Waals surface area contributed by atoms with Crippen LogP contribution in [0.25, 0.3) is 16.6 Å². The molecule has 0 bridgehead atoms. The molecule has 128 valence electrons. The molecule has 0 amide bonds. The summed E-state index contributed by atoms with van der Waals surface area (Å²) >= 11 is 7.37. The number of carbonyl (C=O) groups excluding carboxylic acids is 1. The van der Waals surface area contributed by atoms with Crippen LogP contribution in [0.5, 0.6) is 0 Å². The molecule has 7 heteroatoms. The first-order valence-corrected chi connectivity index (χ1v) is 8.86. The van der Waals surface area contributed by atoms with Gasteiger partial charge in [-0.1, -0.05) is 41.6 Å². The second kappa shape index (κ2) is 7.29. The zero-order valence-corrected chi connectivity index (χ0v) is 15.2. The molecule has 3 aromatic rings. The first-order valence-electron chi connectivity index (χ1n) is 7.50. The van der Waals surface area contributed by atoms with E-state index in [4.69, 9.17) is 11.6 Å². The van der Waals surface area contributed by atoms with Gasteiger partial charge in [0.25, 0.3) is 5.56 Å². The maximum atomic E-state index is 13.1. The van der Waals surface area contributed by atoms with Gasteiger partial charge in [-0.15, -0.1) is 0 Å². The summed E-state index contributed by atoms with van der Waals surface area (Å²) in [5.41, 5.74) is 1.78. The Kier molecular flexibility index (Phi) is 5.11. The van der Waals surface area contributed by atoms with E-state index in [0.29, 0.717) is 26.8 Å². The van der Waals surface area contributed by atoms with Crippen LogP contribution in [-0.2, 0) is 9.53 Å². The summed E-state index contributed by atoms with van der Waals surface area (Å²) in [6, 6.07) is 12.5. The van der Waals surface area contributed by atoms with E-state index in [1.807, 2.05) is 13.0 Å². The number of methoxy groups -OCH3 is 1. The highest BCUT2D eigenvalue weighted by atomic mass is 35.5. The number of halogens is 1. The molecule has 1 heterocycles. The normalized spacial score (nSPS) is 10.8. The van der Waals surface area contributed by atoms with Gasteiger partial charge in [0.1, 0.15) is 0 Å². The third kappa shape index (κ3) is 3.41. The Balaban J connectivity index is 2.27.